The molecule has 0 spiro atoms. The number of rotatable bonds is 7. The number of halogens is 1. The fourth-order valence-corrected chi connectivity index (χ4v) is 5.87. The molecule has 0 amide bonds. The summed E-state index contributed by atoms with van der Waals surface area (Å²) in [5, 5.41) is 12.2. The zero-order valence-electron chi connectivity index (χ0n) is 23.6. The molecule has 1 saturated heterocycles. The molecule has 1 aliphatic carbocycles. The average molecular weight is 572 g/mol. The van der Waals surface area contributed by atoms with Gasteiger partial charge in [0.1, 0.15) is 17.3 Å². The largest absolute Gasteiger partial charge is 0.299 e. The summed E-state index contributed by atoms with van der Waals surface area (Å²) in [5.41, 5.74) is 5.64. The van der Waals surface area contributed by atoms with Gasteiger partial charge >= 0.3 is 0 Å². The Hall–Kier alpha value is -4.83. The number of hydrogen-bond donors (Lipinski definition) is 1. The van der Waals surface area contributed by atoms with Crippen LogP contribution in [-0.4, -0.2) is 57.7 Å². The molecule has 6 aromatic rings. The Morgan fingerprint density at radius 2 is 1.60 bits per heavy atom. The van der Waals surface area contributed by atoms with Crippen LogP contribution in [-0.2, 0) is 6.54 Å². The SMILES string of the molecule is Fc1ccc(-c2cn3nc(C4CC4)nc3nc2-c2ccc(CN3CCC(c4nc(-c5ccccn5)n[nH]4)CC3)cc2)cc1. The summed E-state index contributed by atoms with van der Waals surface area (Å²) < 4.78 is 15.5. The molecule has 214 valence electrons. The van der Waals surface area contributed by atoms with Crippen molar-refractivity contribution in [2.45, 2.75) is 44.1 Å². The molecule has 0 bridgehead atoms. The first-order valence-corrected chi connectivity index (χ1v) is 14.8. The van der Waals surface area contributed by atoms with E-state index < -0.39 is 0 Å². The van der Waals surface area contributed by atoms with Gasteiger partial charge in [-0.2, -0.15) is 10.1 Å². The van der Waals surface area contributed by atoms with Gasteiger partial charge in [0.05, 0.1) is 5.69 Å². The molecule has 10 heteroatoms. The molecular formula is C33H30FN9. The Kier molecular flexibility index (Phi) is 6.48. The lowest BCUT2D eigenvalue weighted by Crippen LogP contribution is -2.32. The van der Waals surface area contributed by atoms with Gasteiger partial charge in [-0.3, -0.25) is 15.0 Å². The first-order valence-electron chi connectivity index (χ1n) is 14.8. The molecule has 0 unspecified atom stereocenters. The van der Waals surface area contributed by atoms with Crippen molar-refractivity contribution in [3.63, 3.8) is 0 Å². The van der Waals surface area contributed by atoms with E-state index >= 15 is 0 Å². The summed E-state index contributed by atoms with van der Waals surface area (Å²) >= 11 is 0. The van der Waals surface area contributed by atoms with Gasteiger partial charge in [0.2, 0.25) is 0 Å². The lowest BCUT2D eigenvalue weighted by Gasteiger charge is -2.31. The Balaban J connectivity index is 0.982. The number of pyridine rings is 1. The Morgan fingerprint density at radius 3 is 2.35 bits per heavy atom. The van der Waals surface area contributed by atoms with Gasteiger partial charge in [-0.05, 0) is 74.2 Å². The van der Waals surface area contributed by atoms with Gasteiger partial charge in [-0.15, -0.1) is 5.10 Å². The first-order chi connectivity index (χ1) is 21.2. The number of fused-ring (bicyclic) bond motifs is 1. The molecule has 2 aromatic carbocycles. The first kappa shape index (κ1) is 25.8. The standard InChI is InChI=1S/C33H30FN9/c34-26-12-10-22(11-13-26)27-20-43-33(38-31(41-43)24-8-9-24)36-29(27)23-6-4-21(5-7-23)19-42-17-14-25(15-18-42)30-37-32(40-39-30)28-3-1-2-16-35-28/h1-7,10-13,16,20,24-25H,8-9,14-15,17-19H2,(H,37,39,40). The normalized spacial score (nSPS) is 16.2. The average Bonchev–Trinajstić information content (AvgIpc) is 3.63. The van der Waals surface area contributed by atoms with Gasteiger partial charge in [0, 0.05) is 41.9 Å². The maximum atomic E-state index is 13.7. The molecule has 8 rings (SSSR count). The molecule has 43 heavy (non-hydrogen) atoms. The Morgan fingerprint density at radius 1 is 0.814 bits per heavy atom. The second-order valence-electron chi connectivity index (χ2n) is 11.5. The third kappa shape index (κ3) is 5.30. The van der Waals surface area contributed by atoms with Crippen molar-refractivity contribution in [2.75, 3.05) is 13.1 Å². The van der Waals surface area contributed by atoms with Gasteiger partial charge in [0.15, 0.2) is 11.6 Å². The molecular weight excluding hydrogens is 541 g/mol. The number of nitrogens with zero attached hydrogens (tertiary/aromatic N) is 8. The van der Waals surface area contributed by atoms with Gasteiger partial charge in [0.25, 0.3) is 5.78 Å². The van der Waals surface area contributed by atoms with Crippen LogP contribution >= 0.6 is 0 Å². The maximum absolute atomic E-state index is 13.7. The van der Waals surface area contributed by atoms with Crippen molar-refractivity contribution in [1.82, 2.24) is 44.6 Å². The summed E-state index contributed by atoms with van der Waals surface area (Å²) in [6, 6.07) is 20.9. The fourth-order valence-electron chi connectivity index (χ4n) is 5.87. The Labute approximate surface area is 247 Å². The zero-order chi connectivity index (χ0) is 28.8. The predicted octanol–water partition coefficient (Wildman–Crippen LogP) is 6.03. The summed E-state index contributed by atoms with van der Waals surface area (Å²) in [5.74, 6) is 3.58. The monoisotopic (exact) mass is 571 g/mol. The van der Waals surface area contributed by atoms with Crippen molar-refractivity contribution in [1.29, 1.82) is 0 Å². The fraction of sp³-hybridized carbons (Fsp3) is 0.273. The minimum atomic E-state index is -0.264. The molecule has 1 N–H and O–H groups in total. The summed E-state index contributed by atoms with van der Waals surface area (Å²) in [6.07, 6.45) is 8.04. The van der Waals surface area contributed by atoms with Crippen LogP contribution in [0.1, 0.15) is 54.7 Å². The van der Waals surface area contributed by atoms with E-state index in [4.69, 9.17) is 15.0 Å². The van der Waals surface area contributed by atoms with E-state index in [1.807, 2.05) is 24.4 Å². The molecule has 2 aliphatic rings. The number of benzene rings is 2. The van der Waals surface area contributed by atoms with Crippen LogP contribution in [0.5, 0.6) is 0 Å². The van der Waals surface area contributed by atoms with Gasteiger partial charge < -0.3 is 0 Å². The Bertz CT molecular complexity index is 1870. The third-order valence-corrected chi connectivity index (χ3v) is 8.45. The van der Waals surface area contributed by atoms with Crippen molar-refractivity contribution in [2.24, 2.45) is 0 Å². The van der Waals surface area contributed by atoms with E-state index in [-0.39, 0.29) is 5.82 Å². The van der Waals surface area contributed by atoms with Crippen LogP contribution in [0.3, 0.4) is 0 Å². The summed E-state index contributed by atoms with van der Waals surface area (Å²) in [7, 11) is 0. The molecule has 9 nitrogen and oxygen atoms in total. The van der Waals surface area contributed by atoms with Gasteiger partial charge in [-0.1, -0.05) is 42.5 Å². The van der Waals surface area contributed by atoms with E-state index in [0.29, 0.717) is 23.4 Å². The highest BCUT2D eigenvalue weighted by Gasteiger charge is 2.29. The quantitative estimate of drug-likeness (QED) is 0.250. The van der Waals surface area contributed by atoms with E-state index in [1.165, 1.54) is 17.7 Å². The smallest absolute Gasteiger partial charge is 0.253 e. The summed E-state index contributed by atoms with van der Waals surface area (Å²) in [4.78, 5) is 21.2. The molecule has 5 heterocycles. The number of piperidine rings is 1. The number of likely N-dealkylation sites (tertiary alicyclic amines) is 1. The van der Waals surface area contributed by atoms with E-state index in [9.17, 15) is 4.39 Å². The molecule has 0 radical (unpaired) electrons. The minimum absolute atomic E-state index is 0.264. The number of H-pyrrole nitrogens is 1. The summed E-state index contributed by atoms with van der Waals surface area (Å²) in [6.45, 7) is 2.87. The minimum Gasteiger partial charge on any atom is -0.299 e. The highest BCUT2D eigenvalue weighted by atomic mass is 19.1. The molecule has 0 atom stereocenters. The highest BCUT2D eigenvalue weighted by Crippen LogP contribution is 2.39. The lowest BCUT2D eigenvalue weighted by atomic mass is 9.95. The second-order valence-corrected chi connectivity index (χ2v) is 11.5. The molecule has 2 fully saturated rings. The van der Waals surface area contributed by atoms with Crippen LogP contribution in [0.4, 0.5) is 4.39 Å². The second kappa shape index (κ2) is 10.8. The van der Waals surface area contributed by atoms with Crippen molar-refractivity contribution >= 4 is 5.78 Å². The van der Waals surface area contributed by atoms with Crippen molar-refractivity contribution in [3.05, 3.63) is 102 Å². The lowest BCUT2D eigenvalue weighted by molar-refractivity contribution is 0.202. The molecule has 1 saturated carbocycles. The van der Waals surface area contributed by atoms with E-state index in [0.717, 1.165) is 85.0 Å². The van der Waals surface area contributed by atoms with Crippen molar-refractivity contribution < 1.29 is 4.39 Å². The van der Waals surface area contributed by atoms with Crippen LogP contribution in [0.2, 0.25) is 0 Å². The van der Waals surface area contributed by atoms with Gasteiger partial charge in [-0.25, -0.2) is 18.9 Å². The van der Waals surface area contributed by atoms with Crippen LogP contribution < -0.4 is 0 Å². The number of nitrogens with one attached hydrogen (secondary N) is 1. The number of aromatic amines is 1. The highest BCUT2D eigenvalue weighted by molar-refractivity contribution is 5.81. The van der Waals surface area contributed by atoms with E-state index in [2.05, 4.69) is 49.4 Å². The number of hydrogen-bond acceptors (Lipinski definition) is 7. The van der Waals surface area contributed by atoms with Crippen LogP contribution in [0.25, 0.3) is 39.7 Å². The van der Waals surface area contributed by atoms with Crippen LogP contribution in [0.15, 0.2) is 79.1 Å². The topological polar surface area (TPSA) is 101 Å². The predicted molar refractivity (Wildman–Crippen MR) is 160 cm³/mol. The third-order valence-electron chi connectivity index (χ3n) is 8.45. The zero-order valence-corrected chi connectivity index (χ0v) is 23.6. The van der Waals surface area contributed by atoms with Crippen LogP contribution in [0, 0.1) is 5.82 Å². The number of aromatic nitrogens is 8. The van der Waals surface area contributed by atoms with E-state index in [1.54, 1.807) is 22.8 Å². The molecule has 1 aliphatic heterocycles. The molecule has 4 aromatic heterocycles. The van der Waals surface area contributed by atoms with Crippen molar-refractivity contribution in [3.8, 4) is 33.9 Å². The maximum Gasteiger partial charge on any atom is 0.253 e.